The van der Waals surface area contributed by atoms with E-state index in [4.69, 9.17) is 5.73 Å². The van der Waals surface area contributed by atoms with E-state index in [2.05, 4.69) is 14.9 Å². The molecule has 1 spiro atoms. The molecule has 2 aliphatic rings. The van der Waals surface area contributed by atoms with E-state index < -0.39 is 17.4 Å². The Labute approximate surface area is 153 Å². The number of benzene rings is 1. The van der Waals surface area contributed by atoms with Gasteiger partial charge in [0.25, 0.3) is 6.43 Å². The van der Waals surface area contributed by atoms with Gasteiger partial charge in [-0.3, -0.25) is 0 Å². The van der Waals surface area contributed by atoms with Gasteiger partial charge in [0, 0.05) is 55.0 Å². The van der Waals surface area contributed by atoms with E-state index in [1.807, 2.05) is 4.31 Å². The molecule has 0 amide bonds. The van der Waals surface area contributed by atoms with Crippen LogP contribution >= 0.6 is 0 Å². The summed E-state index contributed by atoms with van der Waals surface area (Å²) in [5.74, 6) is 0.130. The van der Waals surface area contributed by atoms with Crippen LogP contribution in [-0.4, -0.2) is 50.9 Å². The summed E-state index contributed by atoms with van der Waals surface area (Å²) in [6.07, 6.45) is 2.55. The van der Waals surface area contributed by atoms with Crippen molar-refractivity contribution in [3.63, 3.8) is 0 Å². The first-order valence-electron chi connectivity index (χ1n) is 8.55. The summed E-state index contributed by atoms with van der Waals surface area (Å²) < 4.78 is 40.5. The van der Waals surface area contributed by atoms with E-state index >= 15 is 0 Å². The third-order valence-corrected chi connectivity index (χ3v) is 6.54. The quantitative estimate of drug-likeness (QED) is 0.883. The van der Waals surface area contributed by atoms with E-state index in [1.54, 1.807) is 6.26 Å². The molecule has 2 aliphatic heterocycles. The molecule has 3 heterocycles. The minimum atomic E-state index is -2.56. The van der Waals surface area contributed by atoms with Crippen LogP contribution < -0.4 is 10.6 Å². The lowest BCUT2D eigenvalue weighted by Crippen LogP contribution is -2.31. The molecular formula is C17H21F2N5OS. The van der Waals surface area contributed by atoms with Crippen LogP contribution in [0.5, 0.6) is 0 Å². The molecular weight excluding hydrogens is 360 g/mol. The highest BCUT2D eigenvalue weighted by molar-refractivity contribution is 7.81. The van der Waals surface area contributed by atoms with Gasteiger partial charge in [-0.15, -0.1) is 0 Å². The molecule has 1 aromatic heterocycles. The molecule has 26 heavy (non-hydrogen) atoms. The number of rotatable bonds is 3. The van der Waals surface area contributed by atoms with Gasteiger partial charge >= 0.3 is 0 Å². The maximum atomic E-state index is 13.4. The molecule has 1 aromatic carbocycles. The number of hydrogen-bond acceptors (Lipinski definition) is 5. The van der Waals surface area contributed by atoms with Gasteiger partial charge in [-0.05, 0) is 25.0 Å². The number of nitrogens with two attached hydrogens (primary N) is 1. The predicted octanol–water partition coefficient (Wildman–Crippen LogP) is 2.35. The lowest BCUT2D eigenvalue weighted by molar-refractivity contribution is 0.151. The number of nitrogen functional groups attached to an aromatic ring is 1. The second kappa shape index (κ2) is 6.38. The standard InChI is InChI=1S/C17H21F2N5OS/c1-26(25)24-5-3-17(10-24)2-4-23(9-17)13-7-11(15(18)19)6-12-8-21-16(20)22-14(12)13/h6-8,15H,2-5,9-10H2,1H3,(H2,20,21,22). The van der Waals surface area contributed by atoms with Gasteiger partial charge in [0.1, 0.15) is 0 Å². The van der Waals surface area contributed by atoms with E-state index in [0.29, 0.717) is 16.6 Å². The number of nitrogens with zero attached hydrogens (tertiary/aromatic N) is 4. The fourth-order valence-corrected chi connectivity index (χ4v) is 4.92. The van der Waals surface area contributed by atoms with Gasteiger partial charge in [0.2, 0.25) is 5.95 Å². The monoisotopic (exact) mass is 381 g/mol. The van der Waals surface area contributed by atoms with Crippen molar-refractivity contribution in [1.29, 1.82) is 0 Å². The summed E-state index contributed by atoms with van der Waals surface area (Å²) in [7, 11) is -0.975. The van der Waals surface area contributed by atoms with Crippen LogP contribution in [-0.2, 0) is 11.0 Å². The van der Waals surface area contributed by atoms with Crippen LogP contribution in [0.2, 0.25) is 0 Å². The first-order chi connectivity index (χ1) is 12.4. The van der Waals surface area contributed by atoms with Crippen molar-refractivity contribution in [2.24, 2.45) is 5.41 Å². The predicted molar refractivity (Wildman–Crippen MR) is 98.4 cm³/mol. The molecule has 0 bridgehead atoms. The normalized spacial score (nSPS) is 25.0. The molecule has 2 saturated heterocycles. The molecule has 0 aliphatic carbocycles. The Kier molecular flexibility index (Phi) is 4.31. The Hall–Kier alpha value is -1.87. The van der Waals surface area contributed by atoms with Crippen LogP contribution in [0.4, 0.5) is 20.4 Å². The first-order valence-corrected chi connectivity index (χ1v) is 10.1. The Morgan fingerprint density at radius 1 is 1.27 bits per heavy atom. The second-order valence-corrected chi connectivity index (χ2v) is 8.58. The third-order valence-electron chi connectivity index (χ3n) is 5.50. The van der Waals surface area contributed by atoms with Crippen LogP contribution in [0, 0.1) is 5.41 Å². The molecule has 4 rings (SSSR count). The highest BCUT2D eigenvalue weighted by Gasteiger charge is 2.44. The van der Waals surface area contributed by atoms with Crippen molar-refractivity contribution in [1.82, 2.24) is 14.3 Å². The second-order valence-electron chi connectivity index (χ2n) is 7.22. The molecule has 0 saturated carbocycles. The van der Waals surface area contributed by atoms with Gasteiger partial charge in [-0.2, -0.15) is 0 Å². The van der Waals surface area contributed by atoms with E-state index in [1.165, 1.54) is 18.3 Å². The molecule has 140 valence electrons. The van der Waals surface area contributed by atoms with E-state index in [0.717, 1.165) is 39.0 Å². The summed E-state index contributed by atoms with van der Waals surface area (Å²) in [4.78, 5) is 10.4. The van der Waals surface area contributed by atoms with Crippen molar-refractivity contribution < 1.29 is 13.0 Å². The van der Waals surface area contributed by atoms with Crippen LogP contribution in [0.25, 0.3) is 10.9 Å². The average Bonchev–Trinajstić information content (AvgIpc) is 3.21. The minimum Gasteiger partial charge on any atom is -0.369 e. The van der Waals surface area contributed by atoms with Gasteiger partial charge in [0.15, 0.2) is 0 Å². The zero-order chi connectivity index (χ0) is 18.5. The third kappa shape index (κ3) is 3.03. The molecule has 2 unspecified atom stereocenters. The van der Waals surface area contributed by atoms with Gasteiger partial charge in [0.05, 0.1) is 22.2 Å². The van der Waals surface area contributed by atoms with Crippen molar-refractivity contribution in [3.05, 3.63) is 23.9 Å². The number of hydrogen-bond donors (Lipinski definition) is 1. The van der Waals surface area contributed by atoms with E-state index in [-0.39, 0.29) is 16.9 Å². The largest absolute Gasteiger partial charge is 0.369 e. The molecule has 2 aromatic rings. The van der Waals surface area contributed by atoms with Crippen LogP contribution in [0.1, 0.15) is 24.8 Å². The number of alkyl halides is 2. The molecule has 0 radical (unpaired) electrons. The SMILES string of the molecule is CS(=O)N1CCC2(CCN(c3cc(C(F)F)cc4cnc(N)nc34)C2)C1. The summed E-state index contributed by atoms with van der Waals surface area (Å²) in [5, 5.41) is 0.565. The number of halogens is 2. The highest BCUT2D eigenvalue weighted by Crippen LogP contribution is 2.43. The minimum absolute atomic E-state index is 0.0375. The van der Waals surface area contributed by atoms with Crippen LogP contribution in [0.15, 0.2) is 18.3 Å². The van der Waals surface area contributed by atoms with Gasteiger partial charge < -0.3 is 10.6 Å². The first kappa shape index (κ1) is 17.5. The van der Waals surface area contributed by atoms with Gasteiger partial charge in [-0.1, -0.05) is 0 Å². The fraction of sp³-hybridized carbons (Fsp3) is 0.529. The van der Waals surface area contributed by atoms with Crippen molar-refractivity contribution >= 4 is 33.5 Å². The molecule has 2 fully saturated rings. The van der Waals surface area contributed by atoms with Crippen molar-refractivity contribution in [2.45, 2.75) is 19.3 Å². The average molecular weight is 381 g/mol. The Morgan fingerprint density at radius 2 is 2.04 bits per heavy atom. The van der Waals surface area contributed by atoms with Gasteiger partial charge in [-0.25, -0.2) is 27.3 Å². The van der Waals surface area contributed by atoms with Crippen LogP contribution in [0.3, 0.4) is 0 Å². The summed E-state index contributed by atoms with van der Waals surface area (Å²) in [6, 6.07) is 2.94. The lowest BCUT2D eigenvalue weighted by atomic mass is 9.86. The molecule has 2 N–H and O–H groups in total. The fourth-order valence-electron chi connectivity index (χ4n) is 4.12. The summed E-state index contributed by atoms with van der Waals surface area (Å²) in [5.41, 5.74) is 7.03. The van der Waals surface area contributed by atoms with E-state index in [9.17, 15) is 13.0 Å². The molecule has 6 nitrogen and oxygen atoms in total. The topological polar surface area (TPSA) is 75.4 Å². The molecule has 2 atom stereocenters. The number of aromatic nitrogens is 2. The Morgan fingerprint density at radius 3 is 2.73 bits per heavy atom. The number of anilines is 2. The Balaban J connectivity index is 1.71. The smallest absolute Gasteiger partial charge is 0.263 e. The molecule has 9 heteroatoms. The Bertz CT molecular complexity index is 880. The lowest BCUT2D eigenvalue weighted by Gasteiger charge is -2.26. The maximum Gasteiger partial charge on any atom is 0.263 e. The summed E-state index contributed by atoms with van der Waals surface area (Å²) in [6.45, 7) is 3.09. The van der Waals surface area contributed by atoms with Crippen molar-refractivity contribution in [2.75, 3.05) is 43.1 Å². The summed E-state index contributed by atoms with van der Waals surface area (Å²) >= 11 is 0. The number of fused-ring (bicyclic) bond motifs is 1. The highest BCUT2D eigenvalue weighted by atomic mass is 32.2. The van der Waals surface area contributed by atoms with Crippen molar-refractivity contribution in [3.8, 4) is 0 Å². The zero-order valence-electron chi connectivity index (χ0n) is 14.5. The maximum absolute atomic E-state index is 13.4. The zero-order valence-corrected chi connectivity index (χ0v) is 15.3.